The predicted octanol–water partition coefficient (Wildman–Crippen LogP) is 1.95. The number of nitrogens with one attached hydrogen (secondary N) is 2. The van der Waals surface area contributed by atoms with Crippen molar-refractivity contribution in [1.29, 1.82) is 0 Å². The van der Waals surface area contributed by atoms with Crippen molar-refractivity contribution in [3.8, 4) is 0 Å². The molecule has 1 aliphatic heterocycles. The number of fused-ring (bicyclic) bond motifs is 2. The largest absolute Gasteiger partial charge is 0.350 e. The van der Waals surface area contributed by atoms with Crippen LogP contribution in [0.4, 0.5) is 15.9 Å². The molecule has 0 aromatic carbocycles. The Bertz CT molecular complexity index is 1330. The Morgan fingerprint density at radius 1 is 1.12 bits per heavy atom. The molecular formula is C21H22FN9O. The molecule has 11 heteroatoms. The molecule has 0 unspecified atom stereocenters. The van der Waals surface area contributed by atoms with Gasteiger partial charge in [-0.2, -0.15) is 0 Å². The second-order valence-corrected chi connectivity index (χ2v) is 8.14. The molecule has 4 aromatic heterocycles. The van der Waals surface area contributed by atoms with Gasteiger partial charge in [-0.1, -0.05) is 0 Å². The second kappa shape index (κ2) is 7.75. The number of hydrogen-bond donors (Lipinski definition) is 2. The highest BCUT2D eigenvalue weighted by Gasteiger charge is 2.26. The summed E-state index contributed by atoms with van der Waals surface area (Å²) in [5.41, 5.74) is 2.00. The first-order chi connectivity index (χ1) is 15.4. The van der Waals surface area contributed by atoms with Crippen LogP contribution in [-0.4, -0.2) is 60.6 Å². The maximum absolute atomic E-state index is 14.4. The van der Waals surface area contributed by atoms with Crippen molar-refractivity contribution in [3.63, 3.8) is 0 Å². The van der Waals surface area contributed by atoms with E-state index in [0.717, 1.165) is 13.1 Å². The standard InChI is InChI=1S/C21H22FN9O/c1-11-7-30(8-12(2)25-11)20-17-16(23-4-5-24-17)18(28-29-20)21(32)27-14-6-15(22)19-26-13(3)9-31(19)10-14/h4-6,9-12,25H,7-8H2,1-3H3,(H,27,32)/t11-,12-/m0/s1. The van der Waals surface area contributed by atoms with E-state index >= 15 is 0 Å². The van der Waals surface area contributed by atoms with E-state index in [9.17, 15) is 9.18 Å². The van der Waals surface area contributed by atoms with Crippen LogP contribution in [0.15, 0.2) is 30.9 Å². The maximum Gasteiger partial charge on any atom is 0.278 e. The molecule has 1 saturated heterocycles. The van der Waals surface area contributed by atoms with Crippen molar-refractivity contribution in [2.24, 2.45) is 0 Å². The molecule has 1 aliphatic rings. The highest BCUT2D eigenvalue weighted by molar-refractivity contribution is 6.10. The molecular weight excluding hydrogens is 413 g/mol. The summed E-state index contributed by atoms with van der Waals surface area (Å²) in [5, 5.41) is 14.7. The molecule has 4 aromatic rings. The van der Waals surface area contributed by atoms with Crippen molar-refractivity contribution in [3.05, 3.63) is 48.1 Å². The Hall–Kier alpha value is -3.73. The molecule has 2 atom stereocenters. The summed E-state index contributed by atoms with van der Waals surface area (Å²) in [5.74, 6) is -0.498. The number of carbonyl (C=O) groups excluding carboxylic acids is 1. The van der Waals surface area contributed by atoms with Crippen LogP contribution < -0.4 is 15.5 Å². The first-order valence-electron chi connectivity index (χ1n) is 10.3. The number of piperazine rings is 1. The minimum atomic E-state index is -0.549. The first-order valence-corrected chi connectivity index (χ1v) is 10.3. The van der Waals surface area contributed by atoms with Gasteiger partial charge in [-0.15, -0.1) is 10.2 Å². The van der Waals surface area contributed by atoms with E-state index in [1.54, 1.807) is 25.5 Å². The van der Waals surface area contributed by atoms with Crippen LogP contribution in [-0.2, 0) is 0 Å². The normalized spacial score (nSPS) is 18.9. The molecule has 2 N–H and O–H groups in total. The fourth-order valence-electron chi connectivity index (χ4n) is 4.17. The number of halogens is 1. The lowest BCUT2D eigenvalue weighted by Gasteiger charge is -2.36. The Balaban J connectivity index is 1.50. The summed E-state index contributed by atoms with van der Waals surface area (Å²) in [6, 6.07) is 1.76. The van der Waals surface area contributed by atoms with Gasteiger partial charge in [0.05, 0.1) is 11.4 Å². The van der Waals surface area contributed by atoms with Crippen LogP contribution >= 0.6 is 0 Å². The monoisotopic (exact) mass is 435 g/mol. The second-order valence-electron chi connectivity index (χ2n) is 8.14. The number of anilines is 2. The topological polar surface area (TPSA) is 113 Å². The van der Waals surface area contributed by atoms with Crippen LogP contribution in [0.25, 0.3) is 16.7 Å². The smallest absolute Gasteiger partial charge is 0.278 e. The average Bonchev–Trinajstić information content (AvgIpc) is 3.13. The highest BCUT2D eigenvalue weighted by atomic mass is 19.1. The van der Waals surface area contributed by atoms with Gasteiger partial charge in [0.15, 0.2) is 23.0 Å². The van der Waals surface area contributed by atoms with E-state index < -0.39 is 11.7 Å². The Morgan fingerprint density at radius 2 is 1.84 bits per heavy atom. The number of hydrogen-bond acceptors (Lipinski definition) is 8. The third-order valence-corrected chi connectivity index (χ3v) is 5.34. The average molecular weight is 435 g/mol. The molecule has 0 aliphatic carbocycles. The Labute approximate surface area is 182 Å². The summed E-state index contributed by atoms with van der Waals surface area (Å²) in [6.07, 6.45) is 6.34. The minimum Gasteiger partial charge on any atom is -0.350 e. The zero-order valence-corrected chi connectivity index (χ0v) is 17.9. The van der Waals surface area contributed by atoms with Gasteiger partial charge in [0.1, 0.15) is 11.0 Å². The van der Waals surface area contributed by atoms with Crippen molar-refractivity contribution < 1.29 is 9.18 Å². The SMILES string of the molecule is Cc1cn2cc(NC(=O)c3nnc(N4C[C@H](C)N[C@@H](C)C4)c4nccnc34)cc(F)c2n1. The lowest BCUT2D eigenvalue weighted by Crippen LogP contribution is -2.54. The summed E-state index contributed by atoms with van der Waals surface area (Å²) in [6.45, 7) is 7.44. The fraction of sp³-hybridized carbons (Fsp3) is 0.333. The molecule has 164 valence electrons. The van der Waals surface area contributed by atoms with Crippen LogP contribution in [0.2, 0.25) is 0 Å². The zero-order chi connectivity index (χ0) is 22.4. The molecule has 5 heterocycles. The minimum absolute atomic E-state index is 0.0235. The van der Waals surface area contributed by atoms with E-state index in [1.807, 2.05) is 0 Å². The van der Waals surface area contributed by atoms with E-state index in [0.29, 0.717) is 22.5 Å². The molecule has 0 bridgehead atoms. The van der Waals surface area contributed by atoms with Crippen LogP contribution in [0.3, 0.4) is 0 Å². The van der Waals surface area contributed by atoms with Gasteiger partial charge in [-0.3, -0.25) is 9.78 Å². The quantitative estimate of drug-likeness (QED) is 0.502. The van der Waals surface area contributed by atoms with E-state index in [4.69, 9.17) is 0 Å². The van der Waals surface area contributed by atoms with Crippen molar-refractivity contribution in [1.82, 2.24) is 34.9 Å². The van der Waals surface area contributed by atoms with Crippen LogP contribution in [0.1, 0.15) is 30.0 Å². The lowest BCUT2D eigenvalue weighted by molar-refractivity contribution is 0.102. The molecule has 0 saturated carbocycles. The number of aryl methyl sites for hydroxylation is 1. The maximum atomic E-state index is 14.4. The first kappa shape index (κ1) is 20.2. The molecule has 10 nitrogen and oxygen atoms in total. The van der Waals surface area contributed by atoms with Gasteiger partial charge in [0.25, 0.3) is 5.91 Å². The van der Waals surface area contributed by atoms with Gasteiger partial charge < -0.3 is 19.9 Å². The van der Waals surface area contributed by atoms with Crippen LogP contribution in [0, 0.1) is 12.7 Å². The van der Waals surface area contributed by atoms with Gasteiger partial charge in [0, 0.05) is 56.0 Å². The number of carbonyl (C=O) groups is 1. The summed E-state index contributed by atoms with van der Waals surface area (Å²) in [7, 11) is 0. The van der Waals surface area contributed by atoms with E-state index in [1.165, 1.54) is 16.7 Å². The summed E-state index contributed by atoms with van der Waals surface area (Å²) >= 11 is 0. The van der Waals surface area contributed by atoms with Crippen molar-refractivity contribution in [2.45, 2.75) is 32.9 Å². The Morgan fingerprint density at radius 3 is 2.59 bits per heavy atom. The molecule has 5 rings (SSSR count). The molecule has 0 radical (unpaired) electrons. The summed E-state index contributed by atoms with van der Waals surface area (Å²) < 4.78 is 15.9. The number of aromatic nitrogens is 6. The zero-order valence-electron chi connectivity index (χ0n) is 17.9. The number of imidazole rings is 1. The predicted molar refractivity (Wildman–Crippen MR) is 117 cm³/mol. The van der Waals surface area contributed by atoms with E-state index in [2.05, 4.69) is 54.5 Å². The number of amides is 1. The van der Waals surface area contributed by atoms with Crippen LogP contribution in [0.5, 0.6) is 0 Å². The Kier molecular flexibility index (Phi) is 4.89. The molecule has 0 spiro atoms. The highest BCUT2D eigenvalue weighted by Crippen LogP contribution is 2.25. The van der Waals surface area contributed by atoms with Gasteiger partial charge in [-0.05, 0) is 20.8 Å². The fourth-order valence-corrected chi connectivity index (χ4v) is 4.17. The van der Waals surface area contributed by atoms with Gasteiger partial charge in [-0.25, -0.2) is 14.4 Å². The number of pyridine rings is 1. The van der Waals surface area contributed by atoms with E-state index in [-0.39, 0.29) is 29.1 Å². The van der Waals surface area contributed by atoms with Crippen molar-refractivity contribution >= 4 is 34.1 Å². The summed E-state index contributed by atoms with van der Waals surface area (Å²) in [4.78, 5) is 28.0. The third-order valence-electron chi connectivity index (χ3n) is 5.34. The molecule has 32 heavy (non-hydrogen) atoms. The number of nitrogens with zero attached hydrogens (tertiary/aromatic N) is 7. The molecule has 1 amide bonds. The molecule has 1 fully saturated rings. The van der Waals surface area contributed by atoms with Gasteiger partial charge in [0.2, 0.25) is 0 Å². The number of rotatable bonds is 3. The third kappa shape index (κ3) is 3.60. The van der Waals surface area contributed by atoms with Crippen molar-refractivity contribution in [2.75, 3.05) is 23.3 Å². The lowest BCUT2D eigenvalue weighted by atomic mass is 10.1. The van der Waals surface area contributed by atoms with Gasteiger partial charge >= 0.3 is 0 Å².